The predicted octanol–water partition coefficient (Wildman–Crippen LogP) is 3.76. The van der Waals surface area contributed by atoms with Crippen LogP contribution in [-0.2, 0) is 9.53 Å². The minimum absolute atomic E-state index is 0.0322. The molecule has 1 atom stereocenters. The Morgan fingerprint density at radius 2 is 2.42 bits per heavy atom. The molecule has 19 heavy (non-hydrogen) atoms. The summed E-state index contributed by atoms with van der Waals surface area (Å²) in [4.78, 5) is 14.3. The van der Waals surface area contributed by atoms with Gasteiger partial charge in [0.05, 0.1) is 18.2 Å². The lowest BCUT2D eigenvalue weighted by atomic mass is 10.2. The van der Waals surface area contributed by atoms with E-state index in [0.717, 1.165) is 0 Å². The number of carbonyl (C=O) groups is 1. The van der Waals surface area contributed by atoms with Crippen molar-refractivity contribution in [2.24, 2.45) is 5.11 Å². The van der Waals surface area contributed by atoms with Crippen molar-refractivity contribution in [1.29, 1.82) is 0 Å². The van der Waals surface area contributed by atoms with Gasteiger partial charge in [-0.25, -0.2) is 4.79 Å². The van der Waals surface area contributed by atoms with Crippen molar-refractivity contribution in [3.05, 3.63) is 38.1 Å². The fourth-order valence-corrected chi connectivity index (χ4v) is 1.82. The molecule has 0 spiro atoms. The highest BCUT2D eigenvalue weighted by Gasteiger charge is 2.18. The van der Waals surface area contributed by atoms with Crippen molar-refractivity contribution in [3.63, 3.8) is 0 Å². The lowest BCUT2D eigenvalue weighted by Crippen LogP contribution is -2.34. The van der Waals surface area contributed by atoms with Crippen molar-refractivity contribution < 1.29 is 9.53 Å². The van der Waals surface area contributed by atoms with Crippen LogP contribution >= 0.6 is 27.5 Å². The summed E-state index contributed by atoms with van der Waals surface area (Å²) in [5.74, 6) is -0.471. The number of nitrogens with one attached hydrogen (secondary N) is 1. The van der Waals surface area contributed by atoms with Crippen LogP contribution in [0.3, 0.4) is 0 Å². The minimum Gasteiger partial charge on any atom is -0.464 e. The number of halogens is 2. The molecule has 6 nitrogen and oxygen atoms in total. The number of esters is 1. The number of azide groups is 1. The van der Waals surface area contributed by atoms with Gasteiger partial charge in [0.2, 0.25) is 0 Å². The van der Waals surface area contributed by atoms with E-state index in [9.17, 15) is 4.79 Å². The molecule has 0 radical (unpaired) electrons. The third-order valence-corrected chi connectivity index (χ3v) is 3.37. The van der Waals surface area contributed by atoms with Crippen LogP contribution < -0.4 is 5.32 Å². The second kappa shape index (κ2) is 7.89. The van der Waals surface area contributed by atoms with Crippen molar-refractivity contribution in [3.8, 4) is 0 Å². The molecule has 0 aliphatic carbocycles. The van der Waals surface area contributed by atoms with E-state index >= 15 is 0 Å². The van der Waals surface area contributed by atoms with Gasteiger partial charge < -0.3 is 10.1 Å². The SMILES string of the molecule is CCOC(=O)C(CN=[N+]=[N-])Nc1ccc(Cl)c(Br)c1. The number of ether oxygens (including phenoxy) is 1. The fourth-order valence-electron chi connectivity index (χ4n) is 1.33. The van der Waals surface area contributed by atoms with Gasteiger partial charge in [-0.15, -0.1) is 0 Å². The molecule has 0 saturated heterocycles. The number of anilines is 1. The third kappa shape index (κ3) is 4.98. The average Bonchev–Trinajstić information content (AvgIpc) is 2.39. The number of hydrogen-bond acceptors (Lipinski definition) is 4. The van der Waals surface area contributed by atoms with Gasteiger partial charge in [0.15, 0.2) is 0 Å². The number of carbonyl (C=O) groups excluding carboxylic acids is 1. The fraction of sp³-hybridized carbons (Fsp3) is 0.364. The number of nitrogens with zero attached hydrogens (tertiary/aromatic N) is 3. The van der Waals surface area contributed by atoms with E-state index < -0.39 is 12.0 Å². The van der Waals surface area contributed by atoms with Crippen molar-refractivity contribution in [2.75, 3.05) is 18.5 Å². The molecule has 0 bridgehead atoms. The van der Waals surface area contributed by atoms with Crippen LogP contribution in [0.25, 0.3) is 10.4 Å². The molecule has 0 heterocycles. The first kappa shape index (κ1) is 15.6. The average molecular weight is 348 g/mol. The molecule has 1 unspecified atom stereocenters. The topological polar surface area (TPSA) is 87.1 Å². The van der Waals surface area contributed by atoms with Crippen LogP contribution in [0, 0.1) is 0 Å². The van der Waals surface area contributed by atoms with Gasteiger partial charge in [0.1, 0.15) is 6.04 Å². The van der Waals surface area contributed by atoms with E-state index in [4.69, 9.17) is 21.9 Å². The zero-order valence-electron chi connectivity index (χ0n) is 10.1. The van der Waals surface area contributed by atoms with Gasteiger partial charge >= 0.3 is 5.97 Å². The van der Waals surface area contributed by atoms with E-state index in [-0.39, 0.29) is 13.2 Å². The van der Waals surface area contributed by atoms with Gasteiger partial charge in [-0.3, -0.25) is 0 Å². The molecule has 0 aliphatic rings. The van der Waals surface area contributed by atoms with Crippen LogP contribution in [0.2, 0.25) is 5.02 Å². The van der Waals surface area contributed by atoms with Gasteiger partial charge in [0, 0.05) is 15.1 Å². The Labute approximate surface area is 123 Å². The molecular weight excluding hydrogens is 336 g/mol. The number of hydrogen-bond donors (Lipinski definition) is 1. The molecule has 1 aromatic rings. The lowest BCUT2D eigenvalue weighted by Gasteiger charge is -2.16. The first-order chi connectivity index (χ1) is 9.08. The van der Waals surface area contributed by atoms with Gasteiger partial charge in [0.25, 0.3) is 0 Å². The summed E-state index contributed by atoms with van der Waals surface area (Å²) >= 11 is 9.17. The molecule has 1 rings (SSSR count). The summed E-state index contributed by atoms with van der Waals surface area (Å²) in [5.41, 5.74) is 9.00. The highest BCUT2D eigenvalue weighted by atomic mass is 79.9. The predicted molar refractivity (Wildman–Crippen MR) is 77.2 cm³/mol. The van der Waals surface area contributed by atoms with E-state index in [1.807, 2.05) is 0 Å². The standard InChI is InChI=1S/C11H12BrClN4O2/c1-2-19-11(18)10(6-15-17-14)16-7-3-4-9(13)8(12)5-7/h3-5,10,16H,2,6H2,1H3. The smallest absolute Gasteiger partial charge is 0.328 e. The molecule has 1 aromatic carbocycles. The lowest BCUT2D eigenvalue weighted by molar-refractivity contribution is -0.143. The summed E-state index contributed by atoms with van der Waals surface area (Å²) in [6, 6.07) is 4.40. The highest BCUT2D eigenvalue weighted by molar-refractivity contribution is 9.10. The first-order valence-corrected chi connectivity index (χ1v) is 6.64. The minimum atomic E-state index is -0.732. The third-order valence-electron chi connectivity index (χ3n) is 2.16. The maximum Gasteiger partial charge on any atom is 0.328 e. The molecule has 8 heteroatoms. The zero-order chi connectivity index (χ0) is 14.3. The Balaban J connectivity index is 2.83. The maximum atomic E-state index is 11.7. The quantitative estimate of drug-likeness (QED) is 0.368. The summed E-state index contributed by atoms with van der Waals surface area (Å²) in [6.45, 7) is 1.94. The monoisotopic (exact) mass is 346 g/mol. The Bertz CT molecular complexity index is 505. The molecule has 102 valence electrons. The molecule has 0 aliphatic heterocycles. The molecule has 0 saturated carbocycles. The molecule has 0 amide bonds. The normalized spacial score (nSPS) is 11.3. The molecule has 0 fully saturated rings. The van der Waals surface area contributed by atoms with Crippen LogP contribution in [-0.4, -0.2) is 25.2 Å². The van der Waals surface area contributed by atoms with Crippen LogP contribution in [0.1, 0.15) is 6.92 Å². The van der Waals surface area contributed by atoms with Gasteiger partial charge in [-0.05, 0) is 46.6 Å². The Hall–Kier alpha value is -1.43. The van der Waals surface area contributed by atoms with E-state index in [1.54, 1.807) is 25.1 Å². The Morgan fingerprint density at radius 3 is 3.00 bits per heavy atom. The molecule has 1 N–H and O–H groups in total. The van der Waals surface area contributed by atoms with Crippen LogP contribution in [0.5, 0.6) is 0 Å². The van der Waals surface area contributed by atoms with Gasteiger partial charge in [-0.1, -0.05) is 16.7 Å². The first-order valence-electron chi connectivity index (χ1n) is 5.47. The highest BCUT2D eigenvalue weighted by Crippen LogP contribution is 2.25. The molecule has 0 aromatic heterocycles. The van der Waals surface area contributed by atoms with Crippen molar-refractivity contribution in [2.45, 2.75) is 13.0 Å². The second-order valence-electron chi connectivity index (χ2n) is 3.49. The van der Waals surface area contributed by atoms with Crippen molar-refractivity contribution >= 4 is 39.2 Å². The Kier molecular flexibility index (Phi) is 6.49. The summed E-state index contributed by atoms with van der Waals surface area (Å²) < 4.78 is 5.60. The summed E-state index contributed by atoms with van der Waals surface area (Å²) in [5, 5.41) is 6.89. The number of benzene rings is 1. The van der Waals surface area contributed by atoms with Gasteiger partial charge in [-0.2, -0.15) is 0 Å². The Morgan fingerprint density at radius 1 is 1.68 bits per heavy atom. The summed E-state index contributed by atoms with van der Waals surface area (Å²) in [7, 11) is 0. The van der Waals surface area contributed by atoms with E-state index in [0.29, 0.717) is 15.2 Å². The summed E-state index contributed by atoms with van der Waals surface area (Å²) in [6.07, 6.45) is 0. The largest absolute Gasteiger partial charge is 0.464 e. The molecular formula is C11H12BrClN4O2. The van der Waals surface area contributed by atoms with E-state index in [2.05, 4.69) is 31.3 Å². The van der Waals surface area contributed by atoms with Crippen LogP contribution in [0.15, 0.2) is 27.8 Å². The maximum absolute atomic E-state index is 11.7. The van der Waals surface area contributed by atoms with Crippen molar-refractivity contribution in [1.82, 2.24) is 0 Å². The van der Waals surface area contributed by atoms with E-state index in [1.165, 1.54) is 0 Å². The second-order valence-corrected chi connectivity index (χ2v) is 4.75. The zero-order valence-corrected chi connectivity index (χ0v) is 12.5. The van der Waals surface area contributed by atoms with Crippen LogP contribution in [0.4, 0.5) is 5.69 Å². The number of rotatable bonds is 6.